The summed E-state index contributed by atoms with van der Waals surface area (Å²) in [6.45, 7) is 1.32. The van der Waals surface area contributed by atoms with Gasteiger partial charge in [0.1, 0.15) is 0 Å². The number of rotatable bonds is 0. The number of carbonyl (C=O) groups excluding carboxylic acids is 2. The number of benzene rings is 3. The first kappa shape index (κ1) is 14.1. The lowest BCUT2D eigenvalue weighted by atomic mass is 9.83. The highest BCUT2D eigenvalue weighted by Crippen LogP contribution is 2.56. The van der Waals surface area contributed by atoms with Gasteiger partial charge < -0.3 is 9.80 Å². The largest absolute Gasteiger partial charge is 0.337 e. The van der Waals surface area contributed by atoms with Gasteiger partial charge in [0.15, 0.2) is 11.6 Å². The second-order valence-corrected chi connectivity index (χ2v) is 7.13. The van der Waals surface area contributed by atoms with Crippen molar-refractivity contribution >= 4 is 45.1 Å². The highest BCUT2D eigenvalue weighted by Gasteiger charge is 2.41. The summed E-state index contributed by atoms with van der Waals surface area (Å²) in [5.41, 5.74) is 5.68. The zero-order valence-corrected chi connectivity index (χ0v) is 14.2. The summed E-state index contributed by atoms with van der Waals surface area (Å²) in [5.74, 6) is 0.347. The molecular weight excluding hydrogens is 324 g/mol. The van der Waals surface area contributed by atoms with E-state index < -0.39 is 0 Å². The second kappa shape index (κ2) is 4.73. The molecule has 3 heterocycles. The zero-order chi connectivity index (χ0) is 17.4. The van der Waals surface area contributed by atoms with Crippen LogP contribution in [0.3, 0.4) is 0 Å². The molecule has 3 aliphatic heterocycles. The van der Waals surface area contributed by atoms with E-state index in [0.29, 0.717) is 25.9 Å². The first-order valence-electron chi connectivity index (χ1n) is 9.05. The zero-order valence-electron chi connectivity index (χ0n) is 14.2. The lowest BCUT2D eigenvalue weighted by Gasteiger charge is -2.45. The van der Waals surface area contributed by atoms with Crippen LogP contribution in [0.5, 0.6) is 0 Å². The van der Waals surface area contributed by atoms with Crippen molar-refractivity contribution in [2.24, 2.45) is 0 Å². The van der Waals surface area contributed by atoms with Crippen LogP contribution in [0.25, 0.3) is 10.8 Å². The van der Waals surface area contributed by atoms with Gasteiger partial charge in [0, 0.05) is 25.9 Å². The smallest absolute Gasteiger partial charge is 0.167 e. The molecule has 0 aliphatic carbocycles. The highest BCUT2D eigenvalue weighted by atomic mass is 16.1. The van der Waals surface area contributed by atoms with Gasteiger partial charge in [-0.3, -0.25) is 9.59 Å². The molecule has 4 heteroatoms. The van der Waals surface area contributed by atoms with Crippen molar-refractivity contribution in [1.29, 1.82) is 0 Å². The Morgan fingerprint density at radius 2 is 1.04 bits per heavy atom. The molecule has 3 aliphatic rings. The summed E-state index contributed by atoms with van der Waals surface area (Å²) >= 11 is 0. The normalized spacial score (nSPS) is 17.4. The molecule has 0 N–H and O–H groups in total. The minimum atomic E-state index is 0.174. The van der Waals surface area contributed by atoms with E-state index in [1.54, 1.807) is 0 Å². The van der Waals surface area contributed by atoms with E-state index in [2.05, 4.69) is 21.9 Å². The number of ketones is 2. The molecule has 0 saturated heterocycles. The Hall–Kier alpha value is -3.14. The molecule has 0 spiro atoms. The van der Waals surface area contributed by atoms with Crippen molar-refractivity contribution in [3.8, 4) is 0 Å². The van der Waals surface area contributed by atoms with Gasteiger partial charge in [-0.25, -0.2) is 0 Å². The monoisotopic (exact) mass is 340 g/mol. The first-order valence-corrected chi connectivity index (χ1v) is 9.05. The number of Topliss-reactive ketones (excluding diaryl/α,β-unsaturated/α-hetero) is 2. The van der Waals surface area contributed by atoms with E-state index in [0.717, 1.165) is 44.6 Å². The average molecular weight is 340 g/mol. The van der Waals surface area contributed by atoms with E-state index in [1.165, 1.54) is 0 Å². The van der Waals surface area contributed by atoms with Crippen LogP contribution in [0.15, 0.2) is 48.5 Å². The molecule has 126 valence electrons. The quantitative estimate of drug-likeness (QED) is 0.599. The molecular formula is C22H16N2O2. The van der Waals surface area contributed by atoms with Gasteiger partial charge in [0.2, 0.25) is 0 Å². The molecule has 3 aromatic rings. The molecule has 0 atom stereocenters. The van der Waals surface area contributed by atoms with Crippen LogP contribution < -0.4 is 9.80 Å². The fourth-order valence-corrected chi connectivity index (χ4v) is 4.80. The number of anilines is 4. The lowest BCUT2D eigenvalue weighted by Crippen LogP contribution is -2.39. The number of hydrogen-bond donors (Lipinski definition) is 0. The number of hydrogen-bond acceptors (Lipinski definition) is 4. The Morgan fingerprint density at radius 3 is 1.50 bits per heavy atom. The Kier molecular flexibility index (Phi) is 2.56. The maximum absolute atomic E-state index is 12.9. The van der Waals surface area contributed by atoms with Crippen molar-refractivity contribution in [3.63, 3.8) is 0 Å². The Labute approximate surface area is 150 Å². The van der Waals surface area contributed by atoms with Crippen LogP contribution in [0, 0.1) is 0 Å². The van der Waals surface area contributed by atoms with Crippen molar-refractivity contribution in [3.05, 3.63) is 59.7 Å². The molecule has 3 aromatic carbocycles. The van der Waals surface area contributed by atoms with Gasteiger partial charge in [-0.2, -0.15) is 0 Å². The fourth-order valence-electron chi connectivity index (χ4n) is 4.80. The van der Waals surface area contributed by atoms with E-state index >= 15 is 0 Å². The van der Waals surface area contributed by atoms with E-state index in [-0.39, 0.29) is 11.6 Å². The Bertz CT molecular complexity index is 1060. The van der Waals surface area contributed by atoms with Gasteiger partial charge in [-0.05, 0) is 22.9 Å². The highest BCUT2D eigenvalue weighted by molar-refractivity contribution is 6.27. The molecule has 0 amide bonds. The number of nitrogens with zero attached hydrogens (tertiary/aromatic N) is 2. The standard InChI is InChI=1S/C22H16N2O2/c25-17-9-11-23-15-7-3-4-8-16(15)24-12-10-18(26)20-14-6-2-1-5-13(14)19(17)21(23)22(20)24/h1-8H,9-12H2. The van der Waals surface area contributed by atoms with Crippen molar-refractivity contribution in [1.82, 2.24) is 0 Å². The summed E-state index contributed by atoms with van der Waals surface area (Å²) in [4.78, 5) is 30.3. The summed E-state index contributed by atoms with van der Waals surface area (Å²) in [7, 11) is 0. The summed E-state index contributed by atoms with van der Waals surface area (Å²) in [6, 6.07) is 16.2. The Balaban J connectivity index is 1.85. The Morgan fingerprint density at radius 1 is 0.615 bits per heavy atom. The molecule has 4 nitrogen and oxygen atoms in total. The van der Waals surface area contributed by atoms with Gasteiger partial charge in [0.25, 0.3) is 0 Å². The van der Waals surface area contributed by atoms with E-state index in [4.69, 9.17) is 0 Å². The van der Waals surface area contributed by atoms with E-state index in [1.807, 2.05) is 36.4 Å². The molecule has 0 saturated carbocycles. The lowest BCUT2D eigenvalue weighted by molar-refractivity contribution is 0.0970. The van der Waals surface area contributed by atoms with Gasteiger partial charge in [0.05, 0.1) is 33.9 Å². The van der Waals surface area contributed by atoms with Crippen molar-refractivity contribution in [2.45, 2.75) is 12.8 Å². The van der Waals surface area contributed by atoms with Crippen molar-refractivity contribution < 1.29 is 9.59 Å². The third kappa shape index (κ3) is 1.55. The van der Waals surface area contributed by atoms with Crippen LogP contribution in [0.2, 0.25) is 0 Å². The molecule has 0 unspecified atom stereocenters. The van der Waals surface area contributed by atoms with Crippen LogP contribution >= 0.6 is 0 Å². The third-order valence-corrected chi connectivity index (χ3v) is 5.85. The number of carbonyl (C=O) groups is 2. The molecule has 0 radical (unpaired) electrons. The van der Waals surface area contributed by atoms with E-state index in [9.17, 15) is 9.59 Å². The average Bonchev–Trinajstić information content (AvgIpc) is 2.68. The SMILES string of the molecule is O=C1CCN2c3ccccc3N3CCC(=O)c4c3c2c1c1ccccc41. The summed E-state index contributed by atoms with van der Waals surface area (Å²) in [5, 5.41) is 1.82. The fraction of sp³-hybridized carbons (Fsp3) is 0.182. The maximum atomic E-state index is 12.9. The first-order chi connectivity index (χ1) is 12.8. The van der Waals surface area contributed by atoms with Crippen LogP contribution in [0.4, 0.5) is 22.7 Å². The minimum Gasteiger partial charge on any atom is -0.337 e. The van der Waals surface area contributed by atoms with Crippen LogP contribution in [-0.4, -0.2) is 24.7 Å². The van der Waals surface area contributed by atoms with Gasteiger partial charge in [-0.15, -0.1) is 0 Å². The third-order valence-electron chi connectivity index (χ3n) is 5.85. The molecule has 26 heavy (non-hydrogen) atoms. The maximum Gasteiger partial charge on any atom is 0.167 e. The van der Waals surface area contributed by atoms with Gasteiger partial charge in [-0.1, -0.05) is 36.4 Å². The second-order valence-electron chi connectivity index (χ2n) is 7.13. The molecule has 6 rings (SSSR count). The van der Waals surface area contributed by atoms with Crippen LogP contribution in [-0.2, 0) is 0 Å². The van der Waals surface area contributed by atoms with Crippen molar-refractivity contribution in [2.75, 3.05) is 22.9 Å². The number of para-hydroxylation sites is 2. The topological polar surface area (TPSA) is 40.6 Å². The van der Waals surface area contributed by atoms with Crippen LogP contribution in [0.1, 0.15) is 33.6 Å². The predicted octanol–water partition coefficient (Wildman–Crippen LogP) is 4.60. The molecule has 0 bridgehead atoms. The molecule has 0 fully saturated rings. The minimum absolute atomic E-state index is 0.174. The molecule has 0 aromatic heterocycles. The van der Waals surface area contributed by atoms with Gasteiger partial charge >= 0.3 is 0 Å². The number of fused-ring (bicyclic) bond motifs is 6. The summed E-state index contributed by atoms with van der Waals surface area (Å²) < 4.78 is 0. The summed E-state index contributed by atoms with van der Waals surface area (Å²) in [6.07, 6.45) is 0.996. The predicted molar refractivity (Wildman–Crippen MR) is 102 cm³/mol.